The molecule has 0 N–H and O–H groups in total. The summed E-state index contributed by atoms with van der Waals surface area (Å²) in [6.07, 6.45) is 0. The van der Waals surface area contributed by atoms with Crippen molar-refractivity contribution in [3.8, 4) is 0 Å². The number of hydrogen-bond acceptors (Lipinski definition) is 13. The molecule has 1 radical (unpaired) electrons. The molecule has 13 nitrogen and oxygen atoms in total. The summed E-state index contributed by atoms with van der Waals surface area (Å²) < 4.78 is 0. The molecule has 0 aliphatic carbocycles. The molecule has 0 aromatic carbocycles. The topological polar surface area (TPSA) is 210 Å². The fourth-order valence-electron chi connectivity index (χ4n) is 2.18. The van der Waals surface area contributed by atoms with E-state index in [1.165, 1.54) is 4.90 Å². The van der Waals surface area contributed by atoms with E-state index in [-0.39, 0.29) is 74.2 Å². The summed E-state index contributed by atoms with van der Waals surface area (Å²) in [5.74, 6) is -7.67. The van der Waals surface area contributed by atoms with Gasteiger partial charge in [0.2, 0.25) is 0 Å². The Balaban J connectivity index is -0.00000113. The third kappa shape index (κ3) is 19.8. The molecule has 0 aromatic rings. The van der Waals surface area contributed by atoms with Crippen molar-refractivity contribution in [2.75, 3.05) is 58.9 Å². The maximum atomic E-state index is 10.8. The summed E-state index contributed by atoms with van der Waals surface area (Å²) in [7, 11) is 0. The molecule has 0 atom stereocenters. The van der Waals surface area contributed by atoms with Gasteiger partial charge in [0.25, 0.3) is 0 Å². The zero-order valence-electron chi connectivity index (χ0n) is 16.6. The number of carbonyl (C=O) groups is 5. The molecule has 0 heterocycles. The van der Waals surface area contributed by atoms with Gasteiger partial charge in [0.05, 0.1) is 29.8 Å². The van der Waals surface area contributed by atoms with E-state index >= 15 is 0 Å². The largest absolute Gasteiger partial charge is 3.00 e. The Bertz CT molecular complexity index is 500. The fraction of sp³-hybridized carbons (Fsp3) is 0.643. The van der Waals surface area contributed by atoms with Crippen molar-refractivity contribution in [3.05, 3.63) is 0 Å². The smallest absolute Gasteiger partial charge is 0.549 e. The first-order valence-corrected chi connectivity index (χ1v) is 7.66. The number of carboxylic acids is 5. The quantitative estimate of drug-likeness (QED) is 0.193. The van der Waals surface area contributed by atoms with Crippen LogP contribution in [0.4, 0.5) is 0 Å². The SMILES string of the molecule is O=C([O-])CN(CCN(CC(=O)[O-])CC(=O)[O-])CCN(CC(=O)[O-])CC(=O)[O-].[Fe+3].[H+].[Na+]. The van der Waals surface area contributed by atoms with Gasteiger partial charge in [-0.1, -0.05) is 0 Å². The van der Waals surface area contributed by atoms with Crippen LogP contribution in [0, 0.1) is 0 Å². The van der Waals surface area contributed by atoms with Gasteiger partial charge in [0.1, 0.15) is 0 Å². The van der Waals surface area contributed by atoms with E-state index in [2.05, 4.69) is 0 Å². The van der Waals surface area contributed by atoms with Gasteiger partial charge in [-0.2, -0.15) is 0 Å². The van der Waals surface area contributed by atoms with Crippen molar-refractivity contribution in [1.29, 1.82) is 0 Å². The van der Waals surface area contributed by atoms with Crippen LogP contribution in [0.15, 0.2) is 0 Å². The van der Waals surface area contributed by atoms with Gasteiger partial charge in [-0.25, -0.2) is 0 Å². The molecule has 0 fully saturated rings. The molecule has 0 bridgehead atoms. The van der Waals surface area contributed by atoms with Crippen LogP contribution in [0.1, 0.15) is 1.43 Å². The molecule has 29 heavy (non-hydrogen) atoms. The Kier molecular flexibility index (Phi) is 19.7. The van der Waals surface area contributed by atoms with Crippen LogP contribution < -0.4 is 55.1 Å². The number of aliphatic carboxylic acids is 5. The van der Waals surface area contributed by atoms with Crippen molar-refractivity contribution >= 4 is 29.8 Å². The van der Waals surface area contributed by atoms with E-state index in [1.807, 2.05) is 0 Å². The van der Waals surface area contributed by atoms with Gasteiger partial charge >= 0.3 is 48.1 Å². The van der Waals surface area contributed by atoms with Gasteiger partial charge in [-0.3, -0.25) is 14.7 Å². The third-order valence-corrected chi connectivity index (χ3v) is 3.23. The molecule has 0 unspecified atom stereocenters. The Morgan fingerprint density at radius 3 is 0.862 bits per heavy atom. The molecule has 0 aliphatic rings. The maximum Gasteiger partial charge on any atom is 3.00 e. The van der Waals surface area contributed by atoms with Crippen LogP contribution in [-0.4, -0.2) is 103 Å². The first-order chi connectivity index (χ1) is 12.5. The zero-order chi connectivity index (χ0) is 21.0. The first kappa shape index (κ1) is 32.4. The molecule has 0 aromatic heterocycles. The third-order valence-electron chi connectivity index (χ3n) is 3.23. The second-order valence-corrected chi connectivity index (χ2v) is 5.56. The van der Waals surface area contributed by atoms with Crippen LogP contribution in [0.25, 0.3) is 0 Å². The summed E-state index contributed by atoms with van der Waals surface area (Å²) in [6, 6.07) is 0. The van der Waals surface area contributed by atoms with E-state index in [9.17, 15) is 49.5 Å². The van der Waals surface area contributed by atoms with Gasteiger partial charge in [0, 0.05) is 58.9 Å². The van der Waals surface area contributed by atoms with E-state index in [1.54, 1.807) is 0 Å². The average Bonchev–Trinajstić information content (AvgIpc) is 2.46. The summed E-state index contributed by atoms with van der Waals surface area (Å²) in [6.45, 7) is -4.16. The van der Waals surface area contributed by atoms with Crippen molar-refractivity contribution < 1.29 is 97.6 Å². The van der Waals surface area contributed by atoms with Crippen molar-refractivity contribution in [2.24, 2.45) is 0 Å². The molecule has 0 amide bonds. The Hall–Kier alpha value is -1.25. The second-order valence-electron chi connectivity index (χ2n) is 5.56. The standard InChI is InChI=1S/C14H23N3O10.Fe.Na/c18-10(19)5-15(1-3-16(6-11(20)21)7-12(22)23)2-4-17(8-13(24)25)9-14(26)27;;/h1-9H2,(H,18,19)(H,20,21)(H,22,23)(H,24,25)(H,26,27);;/q;+3;+1/p-4. The van der Waals surface area contributed by atoms with Gasteiger partial charge in [-0.05, 0) is 0 Å². The van der Waals surface area contributed by atoms with E-state index in [0.29, 0.717) is 0 Å². The molecule has 0 rings (SSSR count). The number of carbonyl (C=O) groups excluding carboxylic acids is 5. The van der Waals surface area contributed by atoms with E-state index < -0.39 is 62.6 Å². The number of carboxylic acid groups (broad SMARTS) is 5. The summed E-state index contributed by atoms with van der Waals surface area (Å²) in [5, 5.41) is 53.3. The Morgan fingerprint density at radius 2 is 0.655 bits per heavy atom. The normalized spacial score (nSPS) is 10.3. The second kappa shape index (κ2) is 17.6. The van der Waals surface area contributed by atoms with E-state index in [0.717, 1.165) is 9.80 Å². The summed E-state index contributed by atoms with van der Waals surface area (Å²) in [5.41, 5.74) is 0. The Labute approximate surface area is 200 Å². The zero-order valence-corrected chi connectivity index (χ0v) is 18.7. The minimum atomic E-state index is -1.54. The molecular weight excluding hydrogens is 449 g/mol. The van der Waals surface area contributed by atoms with Crippen LogP contribution in [0.5, 0.6) is 0 Å². The molecule has 0 saturated heterocycles. The van der Waals surface area contributed by atoms with Crippen molar-refractivity contribution in [1.82, 2.24) is 14.7 Å². The van der Waals surface area contributed by atoms with Crippen LogP contribution in [0.3, 0.4) is 0 Å². The van der Waals surface area contributed by atoms with Crippen molar-refractivity contribution in [2.45, 2.75) is 0 Å². The van der Waals surface area contributed by atoms with Crippen LogP contribution in [-0.2, 0) is 41.0 Å². The predicted molar refractivity (Wildman–Crippen MR) is 75.5 cm³/mol. The monoisotopic (exact) mass is 468 g/mol. The molecule has 159 valence electrons. The average molecular weight is 468 g/mol. The Morgan fingerprint density at radius 1 is 0.483 bits per heavy atom. The number of rotatable bonds is 16. The van der Waals surface area contributed by atoms with Gasteiger partial charge in [-0.15, -0.1) is 0 Å². The first-order valence-electron chi connectivity index (χ1n) is 7.66. The predicted octanol–water partition coefficient (Wildman–Crippen LogP) is -12.2. The minimum Gasteiger partial charge on any atom is -0.549 e. The van der Waals surface area contributed by atoms with Crippen molar-refractivity contribution in [3.63, 3.8) is 0 Å². The number of nitrogens with zero attached hydrogens (tertiary/aromatic N) is 3. The molecular formula is C14H19FeN3NaO10. The number of hydrogen-bond donors (Lipinski definition) is 0. The van der Waals surface area contributed by atoms with Gasteiger partial charge in [0.15, 0.2) is 0 Å². The molecule has 15 heteroatoms. The van der Waals surface area contributed by atoms with Crippen LogP contribution >= 0.6 is 0 Å². The minimum absolute atomic E-state index is 0. The molecule has 0 aliphatic heterocycles. The maximum absolute atomic E-state index is 10.8. The van der Waals surface area contributed by atoms with E-state index in [4.69, 9.17) is 0 Å². The van der Waals surface area contributed by atoms with Gasteiger partial charge < -0.3 is 49.5 Å². The summed E-state index contributed by atoms with van der Waals surface area (Å²) in [4.78, 5) is 56.4. The molecule has 0 saturated carbocycles. The molecule has 0 spiro atoms. The summed E-state index contributed by atoms with van der Waals surface area (Å²) >= 11 is 0. The fourth-order valence-corrected chi connectivity index (χ4v) is 2.18. The van der Waals surface area contributed by atoms with Crippen LogP contribution in [0.2, 0.25) is 0 Å².